The van der Waals surface area contributed by atoms with Crippen LogP contribution in [0.1, 0.15) is 16.4 Å². The van der Waals surface area contributed by atoms with Gasteiger partial charge in [0.1, 0.15) is 0 Å². The molecule has 0 nitrogen and oxygen atoms in total. The summed E-state index contributed by atoms with van der Waals surface area (Å²) in [6.07, 6.45) is 0. The summed E-state index contributed by atoms with van der Waals surface area (Å²) in [5.41, 5.74) is 1.47. The molecule has 0 aromatic heterocycles. The van der Waals surface area contributed by atoms with E-state index in [2.05, 4.69) is 97.9 Å². The molecule has 3 rings (SSSR count). The Bertz CT molecular complexity index is 622. The van der Waals surface area contributed by atoms with Gasteiger partial charge < -0.3 is 0 Å². The van der Waals surface area contributed by atoms with Gasteiger partial charge in [-0.15, -0.1) is 0 Å². The van der Waals surface area contributed by atoms with Crippen molar-refractivity contribution in [1.82, 2.24) is 0 Å². The van der Waals surface area contributed by atoms with Crippen molar-refractivity contribution in [2.45, 2.75) is 10.8 Å². The number of rotatable bonds is 4. The van der Waals surface area contributed by atoms with Crippen LogP contribution < -0.4 is 7.02 Å². The molecule has 1 heteroatoms. The molecule has 0 spiro atoms. The Kier molecular flexibility index (Phi) is 4.78. The van der Waals surface area contributed by atoms with Crippen molar-refractivity contribution in [1.29, 1.82) is 0 Å². The molecule has 0 aliphatic carbocycles. The third kappa shape index (κ3) is 3.39. The second-order valence-electron chi connectivity index (χ2n) is 5.13. The normalized spacial score (nSPS) is 12.3. The molecule has 0 saturated heterocycles. The third-order valence-electron chi connectivity index (χ3n) is 3.74. The molecule has 0 radical (unpaired) electrons. The molecule has 1 unspecified atom stereocenters. The maximum absolute atomic E-state index is 2.40. The van der Waals surface area contributed by atoms with Crippen molar-refractivity contribution in [3.05, 3.63) is 96.6 Å². The Morgan fingerprint density at radius 3 is 1.38 bits per heavy atom. The van der Waals surface area contributed by atoms with Crippen LogP contribution in [-0.2, 0) is 0 Å². The van der Waals surface area contributed by atoms with Crippen molar-refractivity contribution < 1.29 is 0 Å². The van der Waals surface area contributed by atoms with Crippen LogP contribution >= 0.6 is 0 Å². The van der Waals surface area contributed by atoms with E-state index in [0.717, 1.165) is 0 Å². The molecule has 3 aromatic carbocycles. The first-order valence-electron chi connectivity index (χ1n) is 7.30. The third-order valence-corrected chi connectivity index (χ3v) is 11.7. The fraction of sp³-hybridized carbons (Fsp3) is 0.100. The molecule has 0 N–H and O–H groups in total. The van der Waals surface area contributed by atoms with Gasteiger partial charge in [-0.3, -0.25) is 0 Å². The molecule has 104 valence electrons. The predicted octanol–water partition coefficient (Wildman–Crippen LogP) is 3.64. The van der Waals surface area contributed by atoms with Crippen LogP contribution in [0.2, 0.25) is 0 Å². The molecule has 0 heterocycles. The van der Waals surface area contributed by atoms with E-state index in [4.69, 9.17) is 0 Å². The van der Waals surface area contributed by atoms with E-state index in [-0.39, 0.29) is 0 Å². The van der Waals surface area contributed by atoms with Gasteiger partial charge in [0, 0.05) is 0 Å². The fourth-order valence-corrected chi connectivity index (χ4v) is 10.2. The molecule has 0 amide bonds. The average molecular weight is 381 g/mol. The van der Waals surface area contributed by atoms with Gasteiger partial charge in [0.05, 0.1) is 0 Å². The summed E-state index contributed by atoms with van der Waals surface area (Å²) in [5, 5.41) is 0. The first-order valence-corrected chi connectivity index (χ1v) is 11.3. The summed E-state index contributed by atoms with van der Waals surface area (Å²) < 4.78 is 3.74. The van der Waals surface area contributed by atoms with Gasteiger partial charge >= 0.3 is 135 Å². The van der Waals surface area contributed by atoms with Gasteiger partial charge in [-0.2, -0.15) is 0 Å². The molecular formula is C20H19Sb. The summed E-state index contributed by atoms with van der Waals surface area (Å²) in [6.45, 7) is 2.40. The van der Waals surface area contributed by atoms with Crippen molar-refractivity contribution in [3.8, 4) is 0 Å². The zero-order valence-corrected chi connectivity index (χ0v) is 14.7. The van der Waals surface area contributed by atoms with E-state index in [1.165, 1.54) is 5.56 Å². The van der Waals surface area contributed by atoms with E-state index < -0.39 is 20.2 Å². The van der Waals surface area contributed by atoms with Crippen LogP contribution in [0.4, 0.5) is 0 Å². The Hall–Kier alpha value is -1.52. The van der Waals surface area contributed by atoms with Crippen molar-refractivity contribution in [2.24, 2.45) is 0 Å². The van der Waals surface area contributed by atoms with Gasteiger partial charge in [-0.05, 0) is 0 Å². The number of benzene rings is 3. The van der Waals surface area contributed by atoms with Crippen LogP contribution in [0, 0.1) is 0 Å². The minimum atomic E-state index is -1.80. The van der Waals surface area contributed by atoms with Crippen LogP contribution in [0.15, 0.2) is 91.0 Å². The standard InChI is InChI=1S/C8H9.2C6H5.Sb/c1-2-8-6-4-3-5-7-8;2*1-2-4-6-5-3-1;/h2-7H,1H3;2*1-5H;. The average Bonchev–Trinajstić information content (AvgIpc) is 2.58. The minimum absolute atomic E-state index is 0.624. The molecule has 0 fully saturated rings. The predicted molar refractivity (Wildman–Crippen MR) is 92.8 cm³/mol. The van der Waals surface area contributed by atoms with Crippen molar-refractivity contribution in [2.75, 3.05) is 0 Å². The summed E-state index contributed by atoms with van der Waals surface area (Å²) in [5.74, 6) is 0. The first kappa shape index (κ1) is 14.4. The number of hydrogen-bond acceptors (Lipinski definition) is 0. The van der Waals surface area contributed by atoms with Crippen molar-refractivity contribution >= 4 is 27.2 Å². The van der Waals surface area contributed by atoms with Gasteiger partial charge in [-0.1, -0.05) is 0 Å². The Labute approximate surface area is 134 Å². The summed E-state index contributed by atoms with van der Waals surface area (Å²) in [6, 6.07) is 33.1. The van der Waals surface area contributed by atoms with E-state index in [9.17, 15) is 0 Å². The monoisotopic (exact) mass is 380 g/mol. The van der Waals surface area contributed by atoms with Crippen LogP contribution in [0.25, 0.3) is 0 Å². The topological polar surface area (TPSA) is 0 Å². The molecule has 21 heavy (non-hydrogen) atoms. The summed E-state index contributed by atoms with van der Waals surface area (Å²) in [7, 11) is 0. The van der Waals surface area contributed by atoms with Crippen LogP contribution in [0.3, 0.4) is 0 Å². The molecular weight excluding hydrogens is 362 g/mol. The molecule has 0 saturated carbocycles. The van der Waals surface area contributed by atoms with Gasteiger partial charge in [0.2, 0.25) is 0 Å². The Balaban J connectivity index is 2.05. The summed E-state index contributed by atoms with van der Waals surface area (Å²) >= 11 is -1.80. The zero-order valence-electron chi connectivity index (χ0n) is 12.2. The summed E-state index contributed by atoms with van der Waals surface area (Å²) in [4.78, 5) is 0. The molecule has 0 aliphatic heterocycles. The molecule has 0 aliphatic rings. The van der Waals surface area contributed by atoms with Crippen LogP contribution in [0.5, 0.6) is 0 Å². The second-order valence-corrected chi connectivity index (χ2v) is 12.4. The Morgan fingerprint density at radius 2 is 0.952 bits per heavy atom. The van der Waals surface area contributed by atoms with Crippen LogP contribution in [-0.4, -0.2) is 20.2 Å². The van der Waals surface area contributed by atoms with E-state index >= 15 is 0 Å². The molecule has 1 atom stereocenters. The van der Waals surface area contributed by atoms with Gasteiger partial charge in [-0.25, -0.2) is 0 Å². The maximum atomic E-state index is 2.40. The Morgan fingerprint density at radius 1 is 0.571 bits per heavy atom. The SMILES string of the molecule is C[CH](c1ccccc1)[Sb]([c]1ccccc1)[c]1ccccc1. The number of hydrogen-bond donors (Lipinski definition) is 0. The van der Waals surface area contributed by atoms with Gasteiger partial charge in [0.15, 0.2) is 0 Å². The molecule has 0 bridgehead atoms. The fourth-order valence-electron chi connectivity index (χ4n) is 2.65. The first-order chi connectivity index (χ1) is 10.4. The molecule has 3 aromatic rings. The van der Waals surface area contributed by atoms with E-state index in [0.29, 0.717) is 3.86 Å². The zero-order chi connectivity index (χ0) is 14.5. The van der Waals surface area contributed by atoms with Crippen molar-refractivity contribution in [3.63, 3.8) is 0 Å². The second kappa shape index (κ2) is 6.96. The quantitative estimate of drug-likeness (QED) is 0.606. The van der Waals surface area contributed by atoms with E-state index in [1.54, 1.807) is 7.02 Å². The van der Waals surface area contributed by atoms with E-state index in [1.807, 2.05) is 0 Å². The van der Waals surface area contributed by atoms with Gasteiger partial charge in [0.25, 0.3) is 0 Å².